The number of aromatic nitrogens is 1. The summed E-state index contributed by atoms with van der Waals surface area (Å²) in [6.07, 6.45) is 0.885. The number of benzene rings is 1. The van der Waals surface area contributed by atoms with E-state index >= 15 is 0 Å². The van der Waals surface area contributed by atoms with Gasteiger partial charge in [-0.25, -0.2) is 14.2 Å². The lowest BCUT2D eigenvalue weighted by Crippen LogP contribution is -2.56. The summed E-state index contributed by atoms with van der Waals surface area (Å²) >= 11 is 1.20. The molecule has 14 heteroatoms. The summed E-state index contributed by atoms with van der Waals surface area (Å²) in [5.41, 5.74) is 0.700. The van der Waals surface area contributed by atoms with Crippen molar-refractivity contribution in [3.63, 3.8) is 0 Å². The summed E-state index contributed by atoms with van der Waals surface area (Å²) in [7, 11) is -3.72. The number of carbonyl (C=O) groups excluding carboxylic acids is 3. The first-order valence-electron chi connectivity index (χ1n) is 13.3. The van der Waals surface area contributed by atoms with Gasteiger partial charge in [0.15, 0.2) is 0 Å². The molecule has 1 saturated heterocycles. The van der Waals surface area contributed by atoms with Crippen LogP contribution in [0.5, 0.6) is 0 Å². The van der Waals surface area contributed by atoms with Crippen molar-refractivity contribution in [1.82, 2.24) is 20.1 Å². The number of amides is 3. The Morgan fingerprint density at radius 2 is 1.68 bits per heavy atom. The van der Waals surface area contributed by atoms with E-state index in [1.807, 2.05) is 6.92 Å². The van der Waals surface area contributed by atoms with Gasteiger partial charge in [-0.1, -0.05) is 13.3 Å². The van der Waals surface area contributed by atoms with Gasteiger partial charge in [-0.3, -0.25) is 14.2 Å². The zero-order chi connectivity index (χ0) is 29.1. The van der Waals surface area contributed by atoms with Crippen molar-refractivity contribution in [1.29, 1.82) is 0 Å². The monoisotopic (exact) mass is 598 g/mol. The Hall–Kier alpha value is -2.86. The molecule has 1 atom stereocenters. The number of nitrogens with one attached hydrogen (secondary N) is 1. The van der Waals surface area contributed by atoms with Gasteiger partial charge in [0.1, 0.15) is 22.6 Å². The van der Waals surface area contributed by atoms with E-state index in [0.29, 0.717) is 17.2 Å². The smallest absolute Gasteiger partial charge is 0.409 e. The van der Waals surface area contributed by atoms with E-state index in [1.165, 1.54) is 38.6 Å². The van der Waals surface area contributed by atoms with Gasteiger partial charge < -0.3 is 28.9 Å². The van der Waals surface area contributed by atoms with Crippen LogP contribution in [-0.4, -0.2) is 90.9 Å². The Bertz CT molecular complexity index is 1180. The van der Waals surface area contributed by atoms with Crippen LogP contribution in [0.2, 0.25) is 0 Å². The average Bonchev–Trinajstić information content (AvgIpc) is 3.44. The van der Waals surface area contributed by atoms with Gasteiger partial charge in [-0.05, 0) is 44.5 Å². The van der Waals surface area contributed by atoms with Gasteiger partial charge in [-0.2, -0.15) is 0 Å². The maximum Gasteiger partial charge on any atom is 0.409 e. The van der Waals surface area contributed by atoms with Gasteiger partial charge >= 0.3 is 13.7 Å². The van der Waals surface area contributed by atoms with Gasteiger partial charge in [0, 0.05) is 37.1 Å². The molecule has 1 fully saturated rings. The molecule has 3 rings (SSSR count). The lowest BCUT2D eigenvalue weighted by atomic mass is 10.2. The normalized spacial score (nSPS) is 14.6. The second-order valence-corrected chi connectivity index (χ2v) is 11.9. The molecule has 1 N–H and O–H groups in total. The van der Waals surface area contributed by atoms with E-state index in [9.17, 15) is 23.3 Å². The molecule has 0 unspecified atom stereocenters. The molecule has 2 heterocycles. The zero-order valence-corrected chi connectivity index (χ0v) is 24.7. The van der Waals surface area contributed by atoms with Crippen LogP contribution in [0.1, 0.15) is 44.1 Å². The van der Waals surface area contributed by atoms with Crippen LogP contribution >= 0.6 is 18.9 Å². The Morgan fingerprint density at radius 1 is 1.05 bits per heavy atom. The Labute approximate surface area is 237 Å². The van der Waals surface area contributed by atoms with Crippen LogP contribution in [-0.2, 0) is 23.1 Å². The highest BCUT2D eigenvalue weighted by atomic mass is 32.1. The molecular weight excluding hydrogens is 562 g/mol. The Morgan fingerprint density at radius 3 is 2.27 bits per heavy atom. The predicted molar refractivity (Wildman–Crippen MR) is 149 cm³/mol. The first-order chi connectivity index (χ1) is 19.2. The van der Waals surface area contributed by atoms with E-state index in [1.54, 1.807) is 26.0 Å². The van der Waals surface area contributed by atoms with Gasteiger partial charge in [0.25, 0.3) is 5.91 Å². The lowest BCUT2D eigenvalue weighted by molar-refractivity contribution is -0.134. The molecule has 0 bridgehead atoms. The first-order valence-corrected chi connectivity index (χ1v) is 15.9. The quantitative estimate of drug-likeness (QED) is 0.266. The fourth-order valence-electron chi connectivity index (χ4n) is 4.01. The number of rotatable bonds is 13. The van der Waals surface area contributed by atoms with Crippen molar-refractivity contribution in [2.75, 3.05) is 52.2 Å². The number of carbonyl (C=O) groups is 3. The van der Waals surface area contributed by atoms with Crippen molar-refractivity contribution in [3.05, 3.63) is 41.2 Å². The molecular formula is C26H36FN4O7PS. The van der Waals surface area contributed by atoms with Crippen LogP contribution < -0.4 is 5.32 Å². The molecule has 3 amide bonds. The standard InChI is InChI=1S/C26H36FN4O7PS/c1-4-7-16-36-26(34)31-14-12-30(13-15-31)25(33)21(17-39(35,37-5-2)38-6-3)28-23(32)22-18-40-24(29-22)19-8-10-20(27)11-9-19/h8-11,18,21H,4-7,12-17H2,1-3H3,(H,28,32)/t21-/m0/s1. The molecule has 11 nitrogen and oxygen atoms in total. The van der Waals surface area contributed by atoms with E-state index in [0.717, 1.165) is 12.8 Å². The lowest BCUT2D eigenvalue weighted by Gasteiger charge is -2.36. The van der Waals surface area contributed by atoms with Crippen molar-refractivity contribution in [3.8, 4) is 10.6 Å². The molecule has 1 aliphatic rings. The first kappa shape index (κ1) is 31.7. The number of hydrogen-bond acceptors (Lipinski definition) is 9. The van der Waals surface area contributed by atoms with E-state index in [2.05, 4.69) is 10.3 Å². The van der Waals surface area contributed by atoms with Crippen LogP contribution in [0.25, 0.3) is 10.6 Å². The summed E-state index contributed by atoms with van der Waals surface area (Å²) in [6, 6.07) is 4.49. The minimum atomic E-state index is -3.72. The van der Waals surface area contributed by atoms with E-state index in [-0.39, 0.29) is 57.1 Å². The number of piperazine rings is 1. The average molecular weight is 599 g/mol. The van der Waals surface area contributed by atoms with Gasteiger partial charge in [0.05, 0.1) is 26.0 Å². The van der Waals surface area contributed by atoms with E-state index < -0.39 is 31.5 Å². The largest absolute Gasteiger partial charge is 0.449 e. The van der Waals surface area contributed by atoms with E-state index in [4.69, 9.17) is 13.8 Å². The zero-order valence-electron chi connectivity index (χ0n) is 23.0. The summed E-state index contributed by atoms with van der Waals surface area (Å²) < 4.78 is 42.7. The molecule has 1 aliphatic heterocycles. The Balaban J connectivity index is 1.73. The summed E-state index contributed by atoms with van der Waals surface area (Å²) in [5, 5.41) is 4.70. The number of unbranched alkanes of at least 4 members (excludes halogenated alkanes) is 1. The maximum atomic E-state index is 13.6. The molecule has 0 saturated carbocycles. The van der Waals surface area contributed by atoms with Gasteiger partial charge in [0.2, 0.25) is 5.91 Å². The number of ether oxygens (including phenoxy) is 1. The molecule has 40 heavy (non-hydrogen) atoms. The molecule has 2 aromatic rings. The number of thiazole rings is 1. The molecule has 0 aliphatic carbocycles. The van der Waals surface area contributed by atoms with Crippen LogP contribution in [0.4, 0.5) is 9.18 Å². The third kappa shape index (κ3) is 8.82. The highest BCUT2D eigenvalue weighted by molar-refractivity contribution is 7.54. The van der Waals surface area contributed by atoms with Crippen molar-refractivity contribution < 1.29 is 37.1 Å². The van der Waals surface area contributed by atoms with Crippen LogP contribution in [0, 0.1) is 5.82 Å². The summed E-state index contributed by atoms with van der Waals surface area (Å²) in [5.74, 6) is -1.50. The van der Waals surface area contributed by atoms with Crippen molar-refractivity contribution in [2.24, 2.45) is 0 Å². The summed E-state index contributed by atoms with van der Waals surface area (Å²) in [4.78, 5) is 46.4. The minimum Gasteiger partial charge on any atom is -0.449 e. The highest BCUT2D eigenvalue weighted by Crippen LogP contribution is 2.48. The third-order valence-corrected chi connectivity index (χ3v) is 9.07. The SMILES string of the molecule is CCCCOC(=O)N1CCN(C(=O)[C@H](CP(=O)(OCC)OCC)NC(=O)c2csc(-c3ccc(F)cc3)n2)CC1. The van der Waals surface area contributed by atoms with Gasteiger partial charge in [-0.15, -0.1) is 11.3 Å². The van der Waals surface area contributed by atoms with Crippen molar-refractivity contribution >= 4 is 36.8 Å². The molecule has 1 aromatic heterocycles. The third-order valence-electron chi connectivity index (χ3n) is 6.06. The minimum absolute atomic E-state index is 0.0596. The molecule has 220 valence electrons. The van der Waals surface area contributed by atoms with Crippen molar-refractivity contribution in [2.45, 2.75) is 39.7 Å². The van der Waals surface area contributed by atoms with Crippen LogP contribution in [0.15, 0.2) is 29.6 Å². The fraction of sp³-hybridized carbons (Fsp3) is 0.538. The molecule has 0 radical (unpaired) electrons. The number of hydrogen-bond donors (Lipinski definition) is 1. The number of halogens is 1. The summed E-state index contributed by atoms with van der Waals surface area (Å²) in [6.45, 7) is 6.81. The second-order valence-electron chi connectivity index (χ2n) is 8.98. The Kier molecular flexibility index (Phi) is 12.1. The molecule has 0 spiro atoms. The van der Waals surface area contributed by atoms with Crippen LogP contribution in [0.3, 0.4) is 0 Å². The maximum absolute atomic E-state index is 13.6. The second kappa shape index (κ2) is 15.2. The molecule has 1 aromatic carbocycles. The highest BCUT2D eigenvalue weighted by Gasteiger charge is 2.37. The topological polar surface area (TPSA) is 127 Å². The predicted octanol–water partition coefficient (Wildman–Crippen LogP) is 4.39. The fourth-order valence-corrected chi connectivity index (χ4v) is 6.58. The number of nitrogens with zero attached hydrogens (tertiary/aromatic N) is 3.